The second-order valence-electron chi connectivity index (χ2n) is 5.80. The van der Waals surface area contributed by atoms with Crippen LogP contribution in [0.4, 0.5) is 0 Å². The molecule has 0 aliphatic heterocycles. The lowest BCUT2D eigenvalue weighted by Crippen LogP contribution is -2.22. The SMILES string of the molecule is COC(C[SiH2]CCCN(C)CCC[SiH2]CC(OC)OC)OC. The molecule has 5 nitrogen and oxygen atoms in total. The number of rotatable bonds is 16. The molecule has 0 heterocycles. The minimum absolute atomic E-state index is 0.0254. The van der Waals surface area contributed by atoms with E-state index in [0.29, 0.717) is 0 Å². The Morgan fingerprint density at radius 2 is 1.09 bits per heavy atom. The van der Waals surface area contributed by atoms with Crippen LogP contribution in [-0.2, 0) is 18.9 Å². The summed E-state index contributed by atoms with van der Waals surface area (Å²) in [5, 5.41) is 0. The molecule has 0 unspecified atom stereocenters. The highest BCUT2D eigenvalue weighted by Gasteiger charge is 2.06. The molecule has 0 aliphatic rings. The molecule has 0 N–H and O–H groups in total. The van der Waals surface area contributed by atoms with Gasteiger partial charge >= 0.3 is 0 Å². The van der Waals surface area contributed by atoms with Crippen molar-refractivity contribution in [2.24, 2.45) is 0 Å². The van der Waals surface area contributed by atoms with Crippen LogP contribution in [0.1, 0.15) is 12.8 Å². The summed E-state index contributed by atoms with van der Waals surface area (Å²) in [5.74, 6) is 0. The van der Waals surface area contributed by atoms with Crippen LogP contribution in [0.25, 0.3) is 0 Å². The lowest BCUT2D eigenvalue weighted by molar-refractivity contribution is -0.0878. The van der Waals surface area contributed by atoms with Gasteiger partial charge in [0.15, 0.2) is 12.6 Å². The highest BCUT2D eigenvalue weighted by atomic mass is 28.2. The average Bonchev–Trinajstić information content (AvgIpc) is 2.54. The van der Waals surface area contributed by atoms with E-state index in [1.165, 1.54) is 38.0 Å². The standard InChI is InChI=1S/C15H37NO4Si2/c1-16(8-6-10-21-12-14(17-2)18-3)9-7-11-22-13-15(19-4)20-5/h14-15H,6-13,21-22H2,1-5H3. The van der Waals surface area contributed by atoms with Gasteiger partial charge in [-0.15, -0.1) is 0 Å². The van der Waals surface area contributed by atoms with Crippen LogP contribution in [-0.4, -0.2) is 85.1 Å². The van der Waals surface area contributed by atoms with Crippen LogP contribution in [0.15, 0.2) is 0 Å². The van der Waals surface area contributed by atoms with Gasteiger partial charge in [0.2, 0.25) is 0 Å². The van der Waals surface area contributed by atoms with Crippen molar-refractivity contribution in [1.29, 1.82) is 0 Å². The summed E-state index contributed by atoms with van der Waals surface area (Å²) in [5.41, 5.74) is 0. The van der Waals surface area contributed by atoms with E-state index < -0.39 is 0 Å². The molecule has 0 fully saturated rings. The number of methoxy groups -OCH3 is 4. The van der Waals surface area contributed by atoms with Crippen molar-refractivity contribution < 1.29 is 18.9 Å². The second-order valence-corrected chi connectivity index (χ2v) is 9.79. The first kappa shape index (κ1) is 22.2. The van der Waals surface area contributed by atoms with Crippen LogP contribution in [0, 0.1) is 0 Å². The van der Waals surface area contributed by atoms with Gasteiger partial charge in [-0.05, 0) is 45.1 Å². The molecule has 0 aromatic heterocycles. The Labute approximate surface area is 141 Å². The Kier molecular flexibility index (Phi) is 16.3. The Hall–Kier alpha value is 0.234. The smallest absolute Gasteiger partial charge is 0.153 e. The molecular weight excluding hydrogens is 314 g/mol. The van der Waals surface area contributed by atoms with Gasteiger partial charge in [0.1, 0.15) is 0 Å². The summed E-state index contributed by atoms with van der Waals surface area (Å²) < 4.78 is 20.9. The molecule has 0 atom stereocenters. The fourth-order valence-corrected chi connectivity index (χ4v) is 5.86. The summed E-state index contributed by atoms with van der Waals surface area (Å²) in [6.07, 6.45) is 2.68. The maximum Gasteiger partial charge on any atom is 0.153 e. The molecule has 0 bridgehead atoms. The molecule has 0 amide bonds. The molecular formula is C15H37NO4Si2. The molecule has 134 valence electrons. The summed E-state index contributed by atoms with van der Waals surface area (Å²) in [7, 11) is 9.05. The number of hydrogen-bond acceptors (Lipinski definition) is 5. The van der Waals surface area contributed by atoms with Crippen LogP contribution in [0.5, 0.6) is 0 Å². The van der Waals surface area contributed by atoms with E-state index in [0.717, 1.165) is 12.1 Å². The van der Waals surface area contributed by atoms with Gasteiger partial charge in [-0.3, -0.25) is 0 Å². The maximum atomic E-state index is 5.22. The third-order valence-electron chi connectivity index (χ3n) is 4.01. The van der Waals surface area contributed by atoms with Crippen molar-refractivity contribution in [3.05, 3.63) is 0 Å². The van der Waals surface area contributed by atoms with E-state index in [4.69, 9.17) is 18.9 Å². The van der Waals surface area contributed by atoms with Crippen molar-refractivity contribution in [2.75, 3.05) is 48.6 Å². The summed E-state index contributed by atoms with van der Waals surface area (Å²) >= 11 is 0. The minimum atomic E-state index is -0.0406. The van der Waals surface area contributed by atoms with Gasteiger partial charge in [-0.1, -0.05) is 12.1 Å². The predicted octanol–water partition coefficient (Wildman–Crippen LogP) is 0.947. The van der Waals surface area contributed by atoms with E-state index in [2.05, 4.69) is 11.9 Å². The van der Waals surface area contributed by atoms with E-state index in [1.54, 1.807) is 28.4 Å². The summed E-state index contributed by atoms with van der Waals surface area (Å²) in [6, 6.07) is 5.02. The molecule has 0 spiro atoms. The quantitative estimate of drug-likeness (QED) is 0.235. The molecule has 0 rings (SSSR count). The van der Waals surface area contributed by atoms with Gasteiger partial charge in [0, 0.05) is 47.5 Å². The molecule has 22 heavy (non-hydrogen) atoms. The lowest BCUT2D eigenvalue weighted by Gasteiger charge is -2.17. The molecule has 0 aromatic carbocycles. The largest absolute Gasteiger partial charge is 0.356 e. The molecule has 0 saturated heterocycles. The molecule has 0 aliphatic carbocycles. The van der Waals surface area contributed by atoms with Gasteiger partial charge in [0.05, 0.1) is 0 Å². The summed E-state index contributed by atoms with van der Waals surface area (Å²) in [6.45, 7) is 2.44. The van der Waals surface area contributed by atoms with Gasteiger partial charge in [-0.25, -0.2) is 0 Å². The second kappa shape index (κ2) is 16.1. The topological polar surface area (TPSA) is 40.2 Å². The van der Waals surface area contributed by atoms with Crippen molar-refractivity contribution in [2.45, 2.75) is 49.6 Å². The zero-order valence-electron chi connectivity index (χ0n) is 15.3. The fraction of sp³-hybridized carbons (Fsp3) is 1.00. The Morgan fingerprint density at radius 1 is 0.727 bits per heavy atom. The summed E-state index contributed by atoms with van der Waals surface area (Å²) in [4.78, 5) is 2.47. The van der Waals surface area contributed by atoms with Crippen LogP contribution in [0.2, 0.25) is 24.2 Å². The lowest BCUT2D eigenvalue weighted by atomic mass is 10.4. The van der Waals surface area contributed by atoms with E-state index >= 15 is 0 Å². The van der Waals surface area contributed by atoms with Crippen LogP contribution in [0.3, 0.4) is 0 Å². The molecule has 0 saturated carbocycles. The number of ether oxygens (including phenoxy) is 4. The van der Waals surface area contributed by atoms with Crippen molar-refractivity contribution >= 4 is 19.0 Å². The number of hydrogen-bond donors (Lipinski definition) is 0. The highest BCUT2D eigenvalue weighted by Crippen LogP contribution is 2.04. The zero-order chi connectivity index (χ0) is 16.6. The van der Waals surface area contributed by atoms with E-state index in [-0.39, 0.29) is 31.6 Å². The third kappa shape index (κ3) is 12.7. The molecule has 0 aromatic rings. The predicted molar refractivity (Wildman–Crippen MR) is 98.7 cm³/mol. The first-order chi connectivity index (χ1) is 10.7. The Bertz CT molecular complexity index is 208. The van der Waals surface area contributed by atoms with E-state index in [1.807, 2.05) is 0 Å². The first-order valence-corrected chi connectivity index (χ1v) is 12.5. The van der Waals surface area contributed by atoms with E-state index in [9.17, 15) is 0 Å². The maximum absolute atomic E-state index is 5.22. The zero-order valence-corrected chi connectivity index (χ0v) is 18.1. The van der Waals surface area contributed by atoms with Gasteiger partial charge in [0.25, 0.3) is 0 Å². The molecule has 7 heteroatoms. The number of nitrogens with zero attached hydrogens (tertiary/aromatic N) is 1. The van der Waals surface area contributed by atoms with Crippen LogP contribution < -0.4 is 0 Å². The van der Waals surface area contributed by atoms with Crippen molar-refractivity contribution in [1.82, 2.24) is 4.90 Å². The first-order valence-electron chi connectivity index (χ1n) is 8.47. The van der Waals surface area contributed by atoms with Gasteiger partial charge in [-0.2, -0.15) is 0 Å². The average molecular weight is 352 g/mol. The highest BCUT2D eigenvalue weighted by molar-refractivity contribution is 6.35. The fourth-order valence-electron chi connectivity index (χ4n) is 2.51. The van der Waals surface area contributed by atoms with Crippen molar-refractivity contribution in [3.8, 4) is 0 Å². The van der Waals surface area contributed by atoms with Crippen molar-refractivity contribution in [3.63, 3.8) is 0 Å². The molecule has 0 radical (unpaired) electrons. The third-order valence-corrected chi connectivity index (χ3v) is 7.77. The monoisotopic (exact) mass is 351 g/mol. The van der Waals surface area contributed by atoms with Gasteiger partial charge < -0.3 is 23.8 Å². The Morgan fingerprint density at radius 3 is 1.41 bits per heavy atom. The minimum Gasteiger partial charge on any atom is -0.356 e. The Balaban J connectivity index is 3.37. The van der Waals surface area contributed by atoms with Crippen LogP contribution >= 0.6 is 0 Å². The normalized spacial score (nSPS) is 13.1.